The molecule has 4 rings (SSSR count). The van der Waals surface area contributed by atoms with Crippen LogP contribution in [0.25, 0.3) is 10.9 Å². The van der Waals surface area contributed by atoms with Crippen molar-refractivity contribution in [2.24, 2.45) is 5.73 Å². The number of carbonyl (C=O) groups excluding carboxylic acids is 5. The summed E-state index contributed by atoms with van der Waals surface area (Å²) in [6.45, 7) is 0.289. The van der Waals surface area contributed by atoms with Crippen LogP contribution in [0.2, 0.25) is 0 Å². The highest BCUT2D eigenvalue weighted by Crippen LogP contribution is 2.19. The molecule has 174 valence electrons. The average Bonchev–Trinajstić information content (AvgIpc) is 3.53. The number of H-pyrrole nitrogens is 1. The number of nitrogens with two attached hydrogens (primary N) is 1. The number of aromatic nitrogens is 1. The minimum Gasteiger partial charge on any atom is -0.368 e. The van der Waals surface area contributed by atoms with Gasteiger partial charge in [-0.1, -0.05) is 18.2 Å². The van der Waals surface area contributed by atoms with Gasteiger partial charge in [-0.3, -0.25) is 24.0 Å². The minimum atomic E-state index is -1.40. The molecule has 0 spiro atoms. The van der Waals surface area contributed by atoms with E-state index in [0.29, 0.717) is 19.3 Å². The summed E-state index contributed by atoms with van der Waals surface area (Å²) in [5.41, 5.74) is 7.04. The van der Waals surface area contributed by atoms with Gasteiger partial charge < -0.3 is 31.6 Å². The van der Waals surface area contributed by atoms with Gasteiger partial charge in [0.1, 0.15) is 12.1 Å². The molecule has 3 atom stereocenters. The number of rotatable bonds is 7. The Kier molecular flexibility index (Phi) is 6.29. The highest BCUT2D eigenvalue weighted by Gasteiger charge is 2.38. The number of likely N-dealkylation sites (tertiary alicyclic amines) is 1. The second-order valence-electron chi connectivity index (χ2n) is 8.30. The maximum absolute atomic E-state index is 13.2. The molecular formula is C22H26N6O5. The lowest BCUT2D eigenvalue weighted by Gasteiger charge is -2.28. The Balaban J connectivity index is 1.50. The number of carbonyl (C=O) groups is 5. The highest BCUT2D eigenvalue weighted by molar-refractivity contribution is 5.97. The van der Waals surface area contributed by atoms with Crippen LogP contribution in [0.1, 0.15) is 31.2 Å². The van der Waals surface area contributed by atoms with Gasteiger partial charge in [-0.2, -0.15) is 0 Å². The number of amides is 5. The van der Waals surface area contributed by atoms with E-state index in [4.69, 9.17) is 5.73 Å². The second-order valence-corrected chi connectivity index (χ2v) is 8.30. The number of benzene rings is 1. The Hall–Kier alpha value is -3.89. The first-order valence-electron chi connectivity index (χ1n) is 10.9. The fraction of sp³-hybridized carbons (Fsp3) is 0.409. The third-order valence-corrected chi connectivity index (χ3v) is 6.04. The van der Waals surface area contributed by atoms with Gasteiger partial charge in [-0.15, -0.1) is 0 Å². The van der Waals surface area contributed by atoms with Gasteiger partial charge in [0.15, 0.2) is 6.17 Å². The Morgan fingerprint density at radius 2 is 1.94 bits per heavy atom. The average molecular weight is 454 g/mol. The van der Waals surface area contributed by atoms with Gasteiger partial charge in [-0.05, 0) is 30.9 Å². The number of hydrogen-bond acceptors (Lipinski definition) is 5. The molecule has 1 aromatic carbocycles. The summed E-state index contributed by atoms with van der Waals surface area (Å²) in [6.07, 6.45) is 1.81. The SMILES string of the molecule is NC(=O)[C@@H]1CCCN1C(=O)C(NC(=O)Cc1c[nH]c2ccccc12)NC(=O)[C@@H]1CCC(=O)N1. The lowest BCUT2D eigenvalue weighted by atomic mass is 10.1. The van der Waals surface area contributed by atoms with Crippen molar-refractivity contribution in [3.05, 3.63) is 36.0 Å². The summed E-state index contributed by atoms with van der Waals surface area (Å²) in [5.74, 6) is -2.58. The van der Waals surface area contributed by atoms with Crippen molar-refractivity contribution in [3.8, 4) is 0 Å². The van der Waals surface area contributed by atoms with Gasteiger partial charge >= 0.3 is 0 Å². The molecule has 0 saturated carbocycles. The third kappa shape index (κ3) is 4.81. The van der Waals surface area contributed by atoms with Crippen LogP contribution in [-0.2, 0) is 30.4 Å². The molecule has 2 aromatic rings. The molecule has 5 amide bonds. The van der Waals surface area contributed by atoms with Crippen LogP contribution in [0.5, 0.6) is 0 Å². The normalized spacial score (nSPS) is 21.0. The molecule has 6 N–H and O–H groups in total. The molecule has 0 radical (unpaired) electrons. The number of nitrogens with one attached hydrogen (secondary N) is 4. The maximum Gasteiger partial charge on any atom is 0.266 e. The van der Waals surface area contributed by atoms with Crippen molar-refractivity contribution in [1.29, 1.82) is 0 Å². The monoisotopic (exact) mass is 454 g/mol. The predicted octanol–water partition coefficient (Wildman–Crippen LogP) is -0.976. The Morgan fingerprint density at radius 1 is 1.15 bits per heavy atom. The fourth-order valence-corrected chi connectivity index (χ4v) is 4.37. The van der Waals surface area contributed by atoms with Crippen molar-refractivity contribution in [3.63, 3.8) is 0 Å². The highest BCUT2D eigenvalue weighted by atomic mass is 16.2. The summed E-state index contributed by atoms with van der Waals surface area (Å²) in [4.78, 5) is 66.3. The van der Waals surface area contributed by atoms with E-state index in [0.717, 1.165) is 16.5 Å². The van der Waals surface area contributed by atoms with Gasteiger partial charge in [0.25, 0.3) is 5.91 Å². The number of aromatic amines is 1. The Morgan fingerprint density at radius 3 is 2.67 bits per heavy atom. The lowest BCUT2D eigenvalue weighted by molar-refractivity contribution is -0.143. The fourth-order valence-electron chi connectivity index (χ4n) is 4.37. The zero-order valence-electron chi connectivity index (χ0n) is 17.9. The Bertz CT molecular complexity index is 1110. The standard InChI is InChI=1S/C22H26N6O5/c23-19(31)16-6-3-9-28(16)22(33)20(27-21(32)15-7-8-17(29)25-15)26-18(30)10-12-11-24-14-5-2-1-4-13(12)14/h1-2,4-5,11,15-16,20,24H,3,6-10H2,(H2,23,31)(H,25,29)(H,26,30)(H,27,32)/t15-,16-,20?/m0/s1. The molecule has 2 saturated heterocycles. The van der Waals surface area contributed by atoms with E-state index in [9.17, 15) is 24.0 Å². The largest absolute Gasteiger partial charge is 0.368 e. The quantitative estimate of drug-likeness (QED) is 0.339. The first-order valence-corrected chi connectivity index (χ1v) is 10.9. The molecule has 1 unspecified atom stereocenters. The van der Waals surface area contributed by atoms with E-state index in [-0.39, 0.29) is 25.3 Å². The van der Waals surface area contributed by atoms with E-state index >= 15 is 0 Å². The number of fused-ring (bicyclic) bond motifs is 1. The van der Waals surface area contributed by atoms with Crippen molar-refractivity contribution >= 4 is 40.4 Å². The van der Waals surface area contributed by atoms with Gasteiger partial charge in [-0.25, -0.2) is 0 Å². The summed E-state index contributed by atoms with van der Waals surface area (Å²) in [5, 5.41) is 8.52. The molecule has 3 heterocycles. The van der Waals surface area contributed by atoms with Crippen LogP contribution in [0.15, 0.2) is 30.5 Å². The van der Waals surface area contributed by atoms with E-state index in [1.54, 1.807) is 6.20 Å². The summed E-state index contributed by atoms with van der Waals surface area (Å²) < 4.78 is 0. The van der Waals surface area contributed by atoms with Crippen LogP contribution >= 0.6 is 0 Å². The van der Waals surface area contributed by atoms with Gasteiger partial charge in [0.2, 0.25) is 23.6 Å². The molecule has 2 fully saturated rings. The van der Waals surface area contributed by atoms with Crippen LogP contribution < -0.4 is 21.7 Å². The number of hydrogen-bond donors (Lipinski definition) is 5. The Labute approximate surface area is 189 Å². The summed E-state index contributed by atoms with van der Waals surface area (Å²) >= 11 is 0. The number of nitrogens with zero attached hydrogens (tertiary/aromatic N) is 1. The topological polar surface area (TPSA) is 166 Å². The minimum absolute atomic E-state index is 0.0247. The van der Waals surface area contributed by atoms with Gasteiger partial charge in [0.05, 0.1) is 6.42 Å². The van der Waals surface area contributed by atoms with E-state index in [2.05, 4.69) is 20.9 Å². The van der Waals surface area contributed by atoms with Crippen molar-refractivity contribution in [2.45, 2.75) is 50.4 Å². The number of primary amides is 1. The summed E-state index contributed by atoms with van der Waals surface area (Å²) in [6, 6.07) is 5.91. The molecular weight excluding hydrogens is 428 g/mol. The van der Waals surface area contributed by atoms with E-state index < -0.39 is 41.9 Å². The zero-order valence-corrected chi connectivity index (χ0v) is 17.9. The van der Waals surface area contributed by atoms with E-state index in [1.807, 2.05) is 24.3 Å². The molecule has 2 aliphatic heterocycles. The van der Waals surface area contributed by atoms with Crippen molar-refractivity contribution < 1.29 is 24.0 Å². The predicted molar refractivity (Wildman–Crippen MR) is 117 cm³/mol. The molecule has 1 aromatic heterocycles. The molecule has 0 bridgehead atoms. The maximum atomic E-state index is 13.2. The molecule has 33 heavy (non-hydrogen) atoms. The molecule has 2 aliphatic rings. The lowest BCUT2D eigenvalue weighted by Crippen LogP contribution is -2.61. The van der Waals surface area contributed by atoms with Crippen LogP contribution in [0.3, 0.4) is 0 Å². The first kappa shape index (κ1) is 22.3. The molecule has 11 nitrogen and oxygen atoms in total. The summed E-state index contributed by atoms with van der Waals surface area (Å²) in [7, 11) is 0. The van der Waals surface area contributed by atoms with E-state index in [1.165, 1.54) is 4.90 Å². The van der Waals surface area contributed by atoms with Crippen LogP contribution in [0, 0.1) is 0 Å². The van der Waals surface area contributed by atoms with Crippen LogP contribution in [-0.4, -0.2) is 64.2 Å². The second kappa shape index (κ2) is 9.31. The smallest absolute Gasteiger partial charge is 0.266 e. The zero-order chi connectivity index (χ0) is 23.5. The number of para-hydroxylation sites is 1. The van der Waals surface area contributed by atoms with Crippen molar-refractivity contribution in [1.82, 2.24) is 25.8 Å². The molecule has 11 heteroatoms. The first-order chi connectivity index (χ1) is 15.8. The third-order valence-electron chi connectivity index (χ3n) is 6.04. The van der Waals surface area contributed by atoms with Crippen LogP contribution in [0.4, 0.5) is 0 Å². The van der Waals surface area contributed by atoms with Gasteiger partial charge in [0, 0.05) is 30.1 Å². The van der Waals surface area contributed by atoms with Crippen molar-refractivity contribution in [2.75, 3.05) is 6.54 Å². The molecule has 0 aliphatic carbocycles.